The third kappa shape index (κ3) is 2.31. The Labute approximate surface area is 117 Å². The highest BCUT2D eigenvalue weighted by Crippen LogP contribution is 2.20. The normalized spacial score (nSPS) is 14.2. The first kappa shape index (κ1) is 12.9. The van der Waals surface area contributed by atoms with Gasteiger partial charge in [0.25, 0.3) is 5.56 Å². The Bertz CT molecular complexity index is 728. The largest absolute Gasteiger partial charge is 0.308 e. The van der Waals surface area contributed by atoms with Crippen LogP contribution in [0.5, 0.6) is 0 Å². The number of hydrogen-bond donors (Lipinski definition) is 0. The number of ketones is 1. The fourth-order valence-electron chi connectivity index (χ4n) is 2.86. The fourth-order valence-corrected chi connectivity index (χ4v) is 2.86. The van der Waals surface area contributed by atoms with Crippen LogP contribution in [0.25, 0.3) is 0 Å². The maximum atomic E-state index is 12.1. The first-order valence-electron chi connectivity index (χ1n) is 6.96. The van der Waals surface area contributed by atoms with Crippen molar-refractivity contribution in [3.8, 4) is 0 Å². The number of fused-ring (bicyclic) bond motifs is 1. The molecule has 102 valence electrons. The van der Waals surface area contributed by atoms with Crippen LogP contribution < -0.4 is 5.56 Å². The number of Topliss-reactive ketones (excluding diaryl/α,β-unsaturated/α-hetero) is 1. The van der Waals surface area contributed by atoms with Gasteiger partial charge in [-0.15, -0.1) is 0 Å². The van der Waals surface area contributed by atoms with Gasteiger partial charge in [-0.05, 0) is 31.4 Å². The van der Waals surface area contributed by atoms with E-state index in [9.17, 15) is 9.59 Å². The number of aryl methyl sites for hydroxylation is 1. The van der Waals surface area contributed by atoms with Gasteiger partial charge >= 0.3 is 0 Å². The monoisotopic (exact) mass is 267 g/mol. The van der Waals surface area contributed by atoms with E-state index in [-0.39, 0.29) is 11.3 Å². The Morgan fingerprint density at radius 3 is 2.75 bits per heavy atom. The number of benzene rings is 1. The third-order valence-electron chi connectivity index (χ3n) is 3.84. The summed E-state index contributed by atoms with van der Waals surface area (Å²) >= 11 is 0. The lowest BCUT2D eigenvalue weighted by atomic mass is 9.94. The van der Waals surface area contributed by atoms with E-state index in [4.69, 9.17) is 0 Å². The standard InChI is InChI=1S/C17H17NO2/c1-12-4-2-5-13(10-12)11-18-15-6-3-7-16(19)14(15)8-9-17(18)20/h2,4-5,8-10H,3,6-7,11H2,1H3. The van der Waals surface area contributed by atoms with E-state index in [0.29, 0.717) is 13.0 Å². The number of carbonyl (C=O) groups is 1. The minimum absolute atomic E-state index is 0.0278. The van der Waals surface area contributed by atoms with Crippen molar-refractivity contribution in [2.45, 2.75) is 32.7 Å². The van der Waals surface area contributed by atoms with Crippen LogP contribution in [0.2, 0.25) is 0 Å². The van der Waals surface area contributed by atoms with Crippen molar-refractivity contribution in [3.05, 3.63) is 69.1 Å². The first-order chi connectivity index (χ1) is 9.65. The Morgan fingerprint density at radius 1 is 1.10 bits per heavy atom. The number of aromatic nitrogens is 1. The van der Waals surface area contributed by atoms with E-state index >= 15 is 0 Å². The lowest BCUT2D eigenvalue weighted by Gasteiger charge is -2.20. The van der Waals surface area contributed by atoms with Crippen LogP contribution >= 0.6 is 0 Å². The van der Waals surface area contributed by atoms with Crippen molar-refractivity contribution in [3.63, 3.8) is 0 Å². The van der Waals surface area contributed by atoms with E-state index < -0.39 is 0 Å². The van der Waals surface area contributed by atoms with Crippen molar-refractivity contribution in [1.82, 2.24) is 4.57 Å². The highest BCUT2D eigenvalue weighted by molar-refractivity contribution is 5.97. The summed E-state index contributed by atoms with van der Waals surface area (Å²) in [5.41, 5.74) is 3.87. The van der Waals surface area contributed by atoms with Crippen molar-refractivity contribution in [1.29, 1.82) is 0 Å². The summed E-state index contributed by atoms with van der Waals surface area (Å²) < 4.78 is 1.75. The molecule has 0 N–H and O–H groups in total. The molecule has 0 saturated heterocycles. The lowest BCUT2D eigenvalue weighted by Crippen LogP contribution is -2.28. The van der Waals surface area contributed by atoms with Crippen molar-refractivity contribution in [2.75, 3.05) is 0 Å². The molecule has 0 unspecified atom stereocenters. The molecule has 1 aliphatic rings. The van der Waals surface area contributed by atoms with Gasteiger partial charge in [0.2, 0.25) is 0 Å². The van der Waals surface area contributed by atoms with Crippen molar-refractivity contribution < 1.29 is 4.79 Å². The smallest absolute Gasteiger partial charge is 0.251 e. The molecule has 3 nitrogen and oxygen atoms in total. The zero-order valence-electron chi connectivity index (χ0n) is 11.6. The molecule has 1 aromatic heterocycles. The molecule has 0 radical (unpaired) electrons. The molecule has 3 heteroatoms. The molecule has 0 atom stereocenters. The SMILES string of the molecule is Cc1cccc(Cn2c3c(ccc2=O)C(=O)CCC3)c1. The predicted molar refractivity (Wildman–Crippen MR) is 78.3 cm³/mol. The van der Waals surface area contributed by atoms with Crippen LogP contribution in [0, 0.1) is 6.92 Å². The Hall–Kier alpha value is -2.16. The number of pyridine rings is 1. The summed E-state index contributed by atoms with van der Waals surface area (Å²) in [5, 5.41) is 0. The van der Waals surface area contributed by atoms with E-state index in [1.165, 1.54) is 11.6 Å². The molecule has 1 aliphatic carbocycles. The summed E-state index contributed by atoms with van der Waals surface area (Å²) in [4.78, 5) is 24.1. The maximum Gasteiger partial charge on any atom is 0.251 e. The van der Waals surface area contributed by atoms with Crippen LogP contribution in [-0.4, -0.2) is 10.4 Å². The summed E-state index contributed by atoms with van der Waals surface area (Å²) in [7, 11) is 0. The van der Waals surface area contributed by atoms with Gasteiger partial charge in [-0.3, -0.25) is 9.59 Å². The molecular formula is C17H17NO2. The van der Waals surface area contributed by atoms with Crippen LogP contribution in [0.15, 0.2) is 41.2 Å². The summed E-state index contributed by atoms with van der Waals surface area (Å²) in [5.74, 6) is 0.157. The second kappa shape index (κ2) is 5.08. The summed E-state index contributed by atoms with van der Waals surface area (Å²) in [6.45, 7) is 2.58. The highest BCUT2D eigenvalue weighted by atomic mass is 16.1. The molecule has 0 amide bonds. The minimum Gasteiger partial charge on any atom is -0.308 e. The second-order valence-electron chi connectivity index (χ2n) is 5.38. The Kier molecular flexibility index (Phi) is 3.26. The average molecular weight is 267 g/mol. The molecule has 0 fully saturated rings. The molecule has 0 saturated carbocycles. The van der Waals surface area contributed by atoms with Gasteiger partial charge in [0.15, 0.2) is 5.78 Å². The highest BCUT2D eigenvalue weighted by Gasteiger charge is 2.20. The zero-order chi connectivity index (χ0) is 14.1. The molecule has 1 aromatic carbocycles. The quantitative estimate of drug-likeness (QED) is 0.839. The maximum absolute atomic E-state index is 12.1. The van der Waals surface area contributed by atoms with Crippen LogP contribution in [0.1, 0.15) is 40.0 Å². The molecule has 0 bridgehead atoms. The van der Waals surface area contributed by atoms with E-state index in [1.807, 2.05) is 25.1 Å². The zero-order valence-corrected chi connectivity index (χ0v) is 11.6. The fraction of sp³-hybridized carbons (Fsp3) is 0.294. The average Bonchev–Trinajstić information content (AvgIpc) is 2.42. The lowest BCUT2D eigenvalue weighted by molar-refractivity contribution is 0.0970. The Morgan fingerprint density at radius 2 is 1.95 bits per heavy atom. The second-order valence-corrected chi connectivity index (χ2v) is 5.38. The van der Waals surface area contributed by atoms with E-state index in [0.717, 1.165) is 29.7 Å². The van der Waals surface area contributed by atoms with Gasteiger partial charge in [-0.25, -0.2) is 0 Å². The van der Waals surface area contributed by atoms with Gasteiger partial charge < -0.3 is 4.57 Å². The Balaban J connectivity index is 2.07. The van der Waals surface area contributed by atoms with E-state index in [2.05, 4.69) is 6.07 Å². The van der Waals surface area contributed by atoms with Gasteiger partial charge in [0.05, 0.1) is 6.54 Å². The van der Waals surface area contributed by atoms with Crippen LogP contribution in [0.3, 0.4) is 0 Å². The third-order valence-corrected chi connectivity index (χ3v) is 3.84. The van der Waals surface area contributed by atoms with Crippen molar-refractivity contribution in [2.24, 2.45) is 0 Å². The molecule has 1 heterocycles. The van der Waals surface area contributed by atoms with Crippen LogP contribution in [-0.2, 0) is 13.0 Å². The predicted octanol–water partition coefficient (Wildman–Crippen LogP) is 2.72. The number of nitrogens with zero attached hydrogens (tertiary/aromatic N) is 1. The first-order valence-corrected chi connectivity index (χ1v) is 6.96. The van der Waals surface area contributed by atoms with E-state index in [1.54, 1.807) is 10.6 Å². The number of rotatable bonds is 2. The van der Waals surface area contributed by atoms with Gasteiger partial charge in [-0.2, -0.15) is 0 Å². The molecule has 0 aliphatic heterocycles. The molecular weight excluding hydrogens is 250 g/mol. The summed E-state index contributed by atoms with van der Waals surface area (Å²) in [6.07, 6.45) is 2.24. The number of hydrogen-bond acceptors (Lipinski definition) is 2. The van der Waals surface area contributed by atoms with Crippen LogP contribution in [0.4, 0.5) is 0 Å². The van der Waals surface area contributed by atoms with Gasteiger partial charge in [-0.1, -0.05) is 29.8 Å². The molecule has 0 spiro atoms. The topological polar surface area (TPSA) is 39.1 Å². The summed E-state index contributed by atoms with van der Waals surface area (Å²) in [6, 6.07) is 11.3. The van der Waals surface area contributed by atoms with Gasteiger partial charge in [0, 0.05) is 23.7 Å². The molecule has 3 rings (SSSR count). The van der Waals surface area contributed by atoms with Crippen molar-refractivity contribution >= 4 is 5.78 Å². The minimum atomic E-state index is -0.0278. The molecule has 20 heavy (non-hydrogen) atoms. The molecule has 2 aromatic rings. The van der Waals surface area contributed by atoms with Gasteiger partial charge in [0.1, 0.15) is 0 Å². The number of carbonyl (C=O) groups excluding carboxylic acids is 1.